The maximum atomic E-state index is 6.16. The first-order valence-electron chi connectivity index (χ1n) is 5.74. The fourth-order valence-corrected chi connectivity index (χ4v) is 2.36. The van der Waals surface area contributed by atoms with E-state index in [1.54, 1.807) is 0 Å². The number of benzene rings is 1. The number of rotatable bonds is 2. The van der Waals surface area contributed by atoms with Crippen LogP contribution in [-0.2, 0) is 6.42 Å². The molecule has 1 saturated heterocycles. The Balaban J connectivity index is 1.98. The molecule has 2 heteroatoms. The number of nitrogens with two attached hydrogens (primary N) is 1. The van der Waals surface area contributed by atoms with Crippen molar-refractivity contribution < 1.29 is 0 Å². The molecule has 1 aliphatic rings. The van der Waals surface area contributed by atoms with Crippen molar-refractivity contribution in [2.45, 2.75) is 18.9 Å². The Morgan fingerprint density at radius 3 is 2.80 bits per heavy atom. The molecule has 2 rings (SSSR count). The van der Waals surface area contributed by atoms with Crippen LogP contribution in [0, 0.1) is 5.92 Å². The molecule has 0 unspecified atom stereocenters. The van der Waals surface area contributed by atoms with Gasteiger partial charge in [-0.25, -0.2) is 0 Å². The van der Waals surface area contributed by atoms with Gasteiger partial charge in [0.25, 0.3) is 0 Å². The van der Waals surface area contributed by atoms with Gasteiger partial charge in [0.1, 0.15) is 0 Å². The van der Waals surface area contributed by atoms with Crippen molar-refractivity contribution in [3.63, 3.8) is 0 Å². The van der Waals surface area contributed by atoms with Crippen LogP contribution in [0.3, 0.4) is 0 Å². The van der Waals surface area contributed by atoms with Gasteiger partial charge in [-0.05, 0) is 37.9 Å². The van der Waals surface area contributed by atoms with E-state index in [4.69, 9.17) is 5.73 Å². The molecule has 1 heterocycles. The summed E-state index contributed by atoms with van der Waals surface area (Å²) in [6.45, 7) is 2.28. The van der Waals surface area contributed by atoms with Crippen LogP contribution in [0.15, 0.2) is 30.3 Å². The summed E-state index contributed by atoms with van der Waals surface area (Å²) in [5.74, 6) is 0.617. The Morgan fingerprint density at radius 1 is 1.33 bits per heavy atom. The smallest absolute Gasteiger partial charge is 0.00947 e. The third kappa shape index (κ3) is 2.80. The standard InChI is InChI=1S/C13H20N2/c1-15-8-7-13(14)12(10-15)9-11-5-3-2-4-6-11/h2-6,12-13H,7-10,14H2,1H3/t12-,13+/m0/s1. The zero-order valence-electron chi connectivity index (χ0n) is 9.39. The van der Waals surface area contributed by atoms with E-state index in [1.807, 2.05) is 0 Å². The Bertz CT molecular complexity index is 297. The average molecular weight is 204 g/mol. The first-order chi connectivity index (χ1) is 7.25. The summed E-state index contributed by atoms with van der Waals surface area (Å²) in [6, 6.07) is 11.0. The molecule has 0 aromatic heterocycles. The molecular formula is C13H20N2. The molecule has 0 spiro atoms. The lowest BCUT2D eigenvalue weighted by atomic mass is 9.87. The lowest BCUT2D eigenvalue weighted by Crippen LogP contribution is -2.46. The topological polar surface area (TPSA) is 29.3 Å². The second-order valence-corrected chi connectivity index (χ2v) is 4.66. The van der Waals surface area contributed by atoms with Crippen LogP contribution in [-0.4, -0.2) is 31.1 Å². The van der Waals surface area contributed by atoms with E-state index >= 15 is 0 Å². The van der Waals surface area contributed by atoms with Crippen LogP contribution in [0.4, 0.5) is 0 Å². The summed E-state index contributed by atoms with van der Waals surface area (Å²) in [5, 5.41) is 0. The third-order valence-electron chi connectivity index (χ3n) is 3.34. The fourth-order valence-electron chi connectivity index (χ4n) is 2.36. The van der Waals surface area contributed by atoms with Gasteiger partial charge in [0, 0.05) is 12.6 Å². The Morgan fingerprint density at radius 2 is 2.07 bits per heavy atom. The molecule has 2 nitrogen and oxygen atoms in total. The van der Waals surface area contributed by atoms with E-state index in [0.717, 1.165) is 25.9 Å². The first-order valence-corrected chi connectivity index (χ1v) is 5.74. The minimum atomic E-state index is 0.376. The molecule has 2 atom stereocenters. The molecule has 0 saturated carbocycles. The van der Waals surface area contributed by atoms with Gasteiger partial charge in [-0.1, -0.05) is 30.3 Å². The van der Waals surface area contributed by atoms with Crippen molar-refractivity contribution in [3.05, 3.63) is 35.9 Å². The van der Waals surface area contributed by atoms with E-state index in [1.165, 1.54) is 5.56 Å². The Hall–Kier alpha value is -0.860. The summed E-state index contributed by atoms with van der Waals surface area (Å²) in [5.41, 5.74) is 7.57. The highest BCUT2D eigenvalue weighted by atomic mass is 15.1. The number of hydrogen-bond donors (Lipinski definition) is 1. The average Bonchev–Trinajstić information content (AvgIpc) is 2.25. The lowest BCUT2D eigenvalue weighted by molar-refractivity contribution is 0.185. The molecule has 1 aromatic rings. The minimum absolute atomic E-state index is 0.376. The fraction of sp³-hybridized carbons (Fsp3) is 0.538. The zero-order chi connectivity index (χ0) is 10.7. The normalized spacial score (nSPS) is 27.9. The predicted molar refractivity (Wildman–Crippen MR) is 63.7 cm³/mol. The van der Waals surface area contributed by atoms with E-state index in [2.05, 4.69) is 42.3 Å². The second-order valence-electron chi connectivity index (χ2n) is 4.66. The molecular weight excluding hydrogens is 184 g/mol. The molecule has 1 aliphatic heterocycles. The predicted octanol–water partition coefficient (Wildman–Crippen LogP) is 1.51. The van der Waals surface area contributed by atoms with Crippen LogP contribution in [0.1, 0.15) is 12.0 Å². The van der Waals surface area contributed by atoms with E-state index < -0.39 is 0 Å². The van der Waals surface area contributed by atoms with Gasteiger partial charge >= 0.3 is 0 Å². The molecule has 1 fully saturated rings. The Labute approximate surface area is 92.1 Å². The van der Waals surface area contributed by atoms with Crippen molar-refractivity contribution in [2.24, 2.45) is 11.7 Å². The van der Waals surface area contributed by atoms with Gasteiger partial charge in [-0.2, -0.15) is 0 Å². The van der Waals surface area contributed by atoms with Gasteiger partial charge in [0.15, 0.2) is 0 Å². The highest BCUT2D eigenvalue weighted by Gasteiger charge is 2.24. The maximum Gasteiger partial charge on any atom is 0.00947 e. The number of hydrogen-bond acceptors (Lipinski definition) is 2. The van der Waals surface area contributed by atoms with E-state index in [0.29, 0.717) is 12.0 Å². The van der Waals surface area contributed by atoms with Gasteiger partial charge < -0.3 is 10.6 Å². The molecule has 0 aliphatic carbocycles. The SMILES string of the molecule is CN1CC[C@@H](N)[C@@H](Cc2ccccc2)C1. The van der Waals surface area contributed by atoms with Gasteiger partial charge in [0.2, 0.25) is 0 Å². The third-order valence-corrected chi connectivity index (χ3v) is 3.34. The molecule has 1 aromatic carbocycles. The summed E-state index contributed by atoms with van der Waals surface area (Å²) in [7, 11) is 2.18. The first kappa shape index (κ1) is 10.7. The van der Waals surface area contributed by atoms with E-state index in [-0.39, 0.29) is 0 Å². The van der Waals surface area contributed by atoms with Crippen molar-refractivity contribution in [1.82, 2.24) is 4.90 Å². The number of nitrogens with zero attached hydrogens (tertiary/aromatic N) is 1. The molecule has 15 heavy (non-hydrogen) atoms. The van der Waals surface area contributed by atoms with Crippen molar-refractivity contribution in [1.29, 1.82) is 0 Å². The molecule has 0 amide bonds. The lowest BCUT2D eigenvalue weighted by Gasteiger charge is -2.34. The quantitative estimate of drug-likeness (QED) is 0.791. The van der Waals surface area contributed by atoms with Crippen LogP contribution in [0.5, 0.6) is 0 Å². The largest absolute Gasteiger partial charge is 0.327 e. The summed E-state index contributed by atoms with van der Waals surface area (Å²) < 4.78 is 0. The van der Waals surface area contributed by atoms with Crippen LogP contribution < -0.4 is 5.73 Å². The number of likely N-dealkylation sites (tertiary alicyclic amines) is 1. The van der Waals surface area contributed by atoms with Crippen LogP contribution in [0.25, 0.3) is 0 Å². The minimum Gasteiger partial charge on any atom is -0.327 e. The van der Waals surface area contributed by atoms with Gasteiger partial charge in [-0.15, -0.1) is 0 Å². The van der Waals surface area contributed by atoms with Crippen LogP contribution in [0.2, 0.25) is 0 Å². The van der Waals surface area contributed by atoms with Crippen molar-refractivity contribution >= 4 is 0 Å². The van der Waals surface area contributed by atoms with Crippen LogP contribution >= 0.6 is 0 Å². The highest BCUT2D eigenvalue weighted by molar-refractivity contribution is 5.15. The summed E-state index contributed by atoms with van der Waals surface area (Å²) in [6.07, 6.45) is 2.25. The van der Waals surface area contributed by atoms with E-state index in [9.17, 15) is 0 Å². The second kappa shape index (κ2) is 4.77. The highest BCUT2D eigenvalue weighted by Crippen LogP contribution is 2.18. The Kier molecular flexibility index (Phi) is 3.39. The molecule has 2 N–H and O–H groups in total. The molecule has 0 radical (unpaired) electrons. The molecule has 82 valence electrons. The molecule has 0 bridgehead atoms. The van der Waals surface area contributed by atoms with Crippen molar-refractivity contribution in [3.8, 4) is 0 Å². The summed E-state index contributed by atoms with van der Waals surface area (Å²) >= 11 is 0. The maximum absolute atomic E-state index is 6.16. The summed E-state index contributed by atoms with van der Waals surface area (Å²) in [4.78, 5) is 2.39. The number of piperidine rings is 1. The van der Waals surface area contributed by atoms with Crippen molar-refractivity contribution in [2.75, 3.05) is 20.1 Å². The zero-order valence-corrected chi connectivity index (χ0v) is 9.39. The van der Waals surface area contributed by atoms with Gasteiger partial charge in [-0.3, -0.25) is 0 Å². The monoisotopic (exact) mass is 204 g/mol. The van der Waals surface area contributed by atoms with Gasteiger partial charge in [0.05, 0.1) is 0 Å².